The molecule has 0 fully saturated rings. The van der Waals surface area contributed by atoms with Crippen LogP contribution in [0.5, 0.6) is 0 Å². The fourth-order valence-corrected chi connectivity index (χ4v) is 3.81. The highest BCUT2D eigenvalue weighted by atomic mass is 16.3. The number of nitrogens with zero attached hydrogens (tertiary/aromatic N) is 4. The molecule has 0 saturated heterocycles. The highest BCUT2D eigenvalue weighted by Gasteiger charge is 2.24. The monoisotopic (exact) mass is 346 g/mol. The Balaban J connectivity index is 1.75. The van der Waals surface area contributed by atoms with E-state index < -0.39 is 6.10 Å². The molecule has 0 amide bonds. The Hall–Kier alpha value is -2.68. The first-order valence-corrected chi connectivity index (χ1v) is 8.90. The number of aryl methyl sites for hydroxylation is 1. The minimum absolute atomic E-state index is 0.470. The predicted octanol–water partition coefficient (Wildman–Crippen LogP) is 2.94. The molecule has 0 bridgehead atoms. The molecule has 5 heteroatoms. The van der Waals surface area contributed by atoms with Crippen LogP contribution in [-0.4, -0.2) is 33.1 Å². The van der Waals surface area contributed by atoms with Crippen LogP contribution in [0.4, 0.5) is 0 Å². The Labute approximate surface area is 153 Å². The molecule has 0 spiro atoms. The van der Waals surface area contributed by atoms with Gasteiger partial charge in [0, 0.05) is 36.8 Å². The second kappa shape index (κ2) is 6.56. The summed E-state index contributed by atoms with van der Waals surface area (Å²) in [6, 6.07) is 11.5. The van der Waals surface area contributed by atoms with Crippen molar-refractivity contribution in [3.63, 3.8) is 0 Å². The van der Waals surface area contributed by atoms with Crippen LogP contribution in [0.2, 0.25) is 0 Å². The maximum Gasteiger partial charge on any atom is 0.140 e. The van der Waals surface area contributed by atoms with E-state index in [-0.39, 0.29) is 0 Å². The normalized spacial score (nSPS) is 15.6. The van der Waals surface area contributed by atoms with E-state index in [9.17, 15) is 5.11 Å². The molecule has 1 N–H and O–H groups in total. The molecule has 4 rings (SSSR count). The smallest absolute Gasteiger partial charge is 0.140 e. The SMILES string of the molecule is Cc1cnc2c(c1)c1c(n2CC(O)c2ccc(C#N)cc2)CCN(C)C1. The molecule has 3 heterocycles. The van der Waals surface area contributed by atoms with Gasteiger partial charge < -0.3 is 14.6 Å². The number of aliphatic hydroxyl groups excluding tert-OH is 1. The van der Waals surface area contributed by atoms with Gasteiger partial charge >= 0.3 is 0 Å². The third kappa shape index (κ3) is 2.88. The van der Waals surface area contributed by atoms with Gasteiger partial charge in [0.2, 0.25) is 0 Å². The number of hydrogen-bond acceptors (Lipinski definition) is 4. The number of likely N-dealkylation sites (N-methyl/N-ethyl adjacent to an activating group) is 1. The van der Waals surface area contributed by atoms with Gasteiger partial charge in [0.15, 0.2) is 0 Å². The molecule has 1 aliphatic rings. The second-order valence-electron chi connectivity index (χ2n) is 7.16. The van der Waals surface area contributed by atoms with Crippen LogP contribution < -0.4 is 0 Å². The largest absolute Gasteiger partial charge is 0.387 e. The number of aliphatic hydroxyl groups is 1. The van der Waals surface area contributed by atoms with Crippen molar-refractivity contribution in [2.45, 2.75) is 32.5 Å². The number of hydrogen-bond donors (Lipinski definition) is 1. The number of benzene rings is 1. The van der Waals surface area contributed by atoms with Crippen LogP contribution in [0.3, 0.4) is 0 Å². The maximum absolute atomic E-state index is 10.8. The molecule has 1 aliphatic heterocycles. The predicted molar refractivity (Wildman–Crippen MR) is 101 cm³/mol. The summed E-state index contributed by atoms with van der Waals surface area (Å²) in [6.45, 7) is 4.46. The average Bonchev–Trinajstić information content (AvgIpc) is 2.94. The number of aromatic nitrogens is 2. The lowest BCUT2D eigenvalue weighted by Gasteiger charge is -2.24. The summed E-state index contributed by atoms with van der Waals surface area (Å²) in [5, 5.41) is 20.9. The zero-order valence-corrected chi connectivity index (χ0v) is 15.1. The van der Waals surface area contributed by atoms with Gasteiger partial charge in [-0.25, -0.2) is 4.98 Å². The highest BCUT2D eigenvalue weighted by Crippen LogP contribution is 2.31. The number of nitriles is 1. The lowest BCUT2D eigenvalue weighted by Crippen LogP contribution is -2.27. The molecule has 1 aromatic carbocycles. The fraction of sp³-hybridized carbons (Fsp3) is 0.333. The van der Waals surface area contributed by atoms with Crippen LogP contribution in [0.1, 0.15) is 34.1 Å². The molecule has 3 aromatic rings. The van der Waals surface area contributed by atoms with Crippen molar-refractivity contribution in [2.24, 2.45) is 0 Å². The Morgan fingerprint density at radius 2 is 2.08 bits per heavy atom. The minimum Gasteiger partial charge on any atom is -0.387 e. The summed E-state index contributed by atoms with van der Waals surface area (Å²) >= 11 is 0. The molecule has 0 saturated carbocycles. The van der Waals surface area contributed by atoms with E-state index in [0.29, 0.717) is 12.1 Å². The van der Waals surface area contributed by atoms with Crippen molar-refractivity contribution < 1.29 is 5.11 Å². The summed E-state index contributed by atoms with van der Waals surface area (Å²) in [5.41, 5.74) is 6.13. The van der Waals surface area contributed by atoms with Crippen molar-refractivity contribution in [3.05, 3.63) is 64.5 Å². The van der Waals surface area contributed by atoms with Gasteiger partial charge in [-0.05, 0) is 48.9 Å². The maximum atomic E-state index is 10.8. The van der Waals surface area contributed by atoms with Gasteiger partial charge in [-0.1, -0.05) is 12.1 Å². The van der Waals surface area contributed by atoms with Crippen LogP contribution in [-0.2, 0) is 19.5 Å². The molecule has 1 unspecified atom stereocenters. The molecular weight excluding hydrogens is 324 g/mol. The fourth-order valence-electron chi connectivity index (χ4n) is 3.81. The lowest BCUT2D eigenvalue weighted by molar-refractivity contribution is 0.156. The third-order valence-electron chi connectivity index (χ3n) is 5.20. The quantitative estimate of drug-likeness (QED) is 0.792. The Kier molecular flexibility index (Phi) is 4.23. The molecule has 132 valence electrons. The van der Waals surface area contributed by atoms with E-state index in [1.54, 1.807) is 12.1 Å². The molecular formula is C21H22N4O. The van der Waals surface area contributed by atoms with Gasteiger partial charge in [-0.3, -0.25) is 0 Å². The molecule has 5 nitrogen and oxygen atoms in total. The minimum atomic E-state index is -0.634. The first kappa shape index (κ1) is 16.8. The van der Waals surface area contributed by atoms with Crippen molar-refractivity contribution in [3.8, 4) is 6.07 Å². The van der Waals surface area contributed by atoms with Gasteiger partial charge in [-0.15, -0.1) is 0 Å². The Morgan fingerprint density at radius 3 is 2.81 bits per heavy atom. The highest BCUT2D eigenvalue weighted by molar-refractivity contribution is 5.83. The Bertz CT molecular complexity index is 998. The van der Waals surface area contributed by atoms with Gasteiger partial charge in [-0.2, -0.15) is 5.26 Å². The van der Waals surface area contributed by atoms with Crippen molar-refractivity contribution in [2.75, 3.05) is 13.6 Å². The van der Waals surface area contributed by atoms with Crippen LogP contribution in [0, 0.1) is 18.3 Å². The standard InChI is InChI=1S/C21H22N4O/c1-14-9-17-18-12-24(2)8-7-19(18)25(21(17)23-11-14)13-20(26)16-5-3-15(10-22)4-6-16/h3-6,9,11,20,26H,7-8,12-13H2,1-2H3. The summed E-state index contributed by atoms with van der Waals surface area (Å²) < 4.78 is 2.18. The summed E-state index contributed by atoms with van der Waals surface area (Å²) in [7, 11) is 2.14. The molecule has 1 atom stereocenters. The van der Waals surface area contributed by atoms with Crippen LogP contribution >= 0.6 is 0 Å². The van der Waals surface area contributed by atoms with E-state index in [1.807, 2.05) is 18.3 Å². The first-order valence-electron chi connectivity index (χ1n) is 8.90. The molecule has 2 aromatic heterocycles. The second-order valence-corrected chi connectivity index (χ2v) is 7.16. The van der Waals surface area contributed by atoms with E-state index >= 15 is 0 Å². The molecule has 0 aliphatic carbocycles. The number of rotatable bonds is 3. The summed E-state index contributed by atoms with van der Waals surface area (Å²) in [6.07, 6.45) is 2.22. The van der Waals surface area contributed by atoms with Gasteiger partial charge in [0.1, 0.15) is 5.65 Å². The topological polar surface area (TPSA) is 65.1 Å². The van der Waals surface area contributed by atoms with E-state index in [0.717, 1.165) is 36.3 Å². The molecule has 26 heavy (non-hydrogen) atoms. The zero-order chi connectivity index (χ0) is 18.3. The molecule has 0 radical (unpaired) electrons. The van der Waals surface area contributed by atoms with E-state index in [1.165, 1.54) is 16.6 Å². The average molecular weight is 346 g/mol. The van der Waals surface area contributed by atoms with E-state index in [4.69, 9.17) is 5.26 Å². The van der Waals surface area contributed by atoms with E-state index in [2.05, 4.69) is 40.6 Å². The number of fused-ring (bicyclic) bond motifs is 3. The lowest BCUT2D eigenvalue weighted by atomic mass is 10.0. The summed E-state index contributed by atoms with van der Waals surface area (Å²) in [4.78, 5) is 7.00. The summed E-state index contributed by atoms with van der Waals surface area (Å²) in [5.74, 6) is 0. The van der Waals surface area contributed by atoms with Crippen molar-refractivity contribution in [1.82, 2.24) is 14.5 Å². The zero-order valence-electron chi connectivity index (χ0n) is 15.1. The first-order chi connectivity index (χ1) is 12.6. The van der Waals surface area contributed by atoms with Gasteiger partial charge in [0.05, 0.1) is 24.3 Å². The Morgan fingerprint density at radius 1 is 1.31 bits per heavy atom. The van der Waals surface area contributed by atoms with Crippen molar-refractivity contribution >= 4 is 11.0 Å². The van der Waals surface area contributed by atoms with Crippen molar-refractivity contribution in [1.29, 1.82) is 5.26 Å². The third-order valence-corrected chi connectivity index (χ3v) is 5.20. The van der Waals surface area contributed by atoms with Crippen LogP contribution in [0.15, 0.2) is 36.5 Å². The van der Waals surface area contributed by atoms with Crippen LogP contribution in [0.25, 0.3) is 11.0 Å². The van der Waals surface area contributed by atoms with Gasteiger partial charge in [0.25, 0.3) is 0 Å². The number of pyridine rings is 1.